The van der Waals surface area contributed by atoms with Gasteiger partial charge in [-0.15, -0.1) is 0 Å². The number of hydrogen-bond acceptors (Lipinski definition) is 4. The molecular weight excluding hydrogens is 338 g/mol. The van der Waals surface area contributed by atoms with Crippen LogP contribution in [0.15, 0.2) is 35.6 Å². The van der Waals surface area contributed by atoms with Crippen LogP contribution in [-0.4, -0.2) is 58.3 Å². The van der Waals surface area contributed by atoms with Crippen LogP contribution in [0.3, 0.4) is 0 Å². The molecular formula is C20H33N7. The number of rotatable bonds is 9. The van der Waals surface area contributed by atoms with Crippen LogP contribution in [0.4, 0.5) is 0 Å². The molecule has 0 unspecified atom stereocenters. The molecule has 0 aliphatic carbocycles. The van der Waals surface area contributed by atoms with E-state index in [0.29, 0.717) is 18.6 Å². The third-order valence-corrected chi connectivity index (χ3v) is 4.51. The molecule has 3 N–H and O–H groups in total. The van der Waals surface area contributed by atoms with Gasteiger partial charge in [0.25, 0.3) is 0 Å². The topological polar surface area (TPSA) is 81.2 Å². The third-order valence-electron chi connectivity index (χ3n) is 4.51. The Morgan fingerprint density at radius 2 is 1.96 bits per heavy atom. The van der Waals surface area contributed by atoms with Crippen molar-refractivity contribution in [1.82, 2.24) is 30.7 Å². The van der Waals surface area contributed by atoms with Crippen LogP contribution in [0.1, 0.15) is 39.7 Å². The molecule has 0 atom stereocenters. The van der Waals surface area contributed by atoms with E-state index in [-0.39, 0.29) is 0 Å². The summed E-state index contributed by atoms with van der Waals surface area (Å²) in [6.07, 6.45) is 2.60. The van der Waals surface area contributed by atoms with Crippen molar-refractivity contribution < 1.29 is 0 Å². The van der Waals surface area contributed by atoms with Gasteiger partial charge in [0.1, 0.15) is 6.33 Å². The monoisotopic (exact) mass is 371 g/mol. The van der Waals surface area contributed by atoms with Crippen molar-refractivity contribution in [3.05, 3.63) is 36.2 Å². The van der Waals surface area contributed by atoms with E-state index < -0.39 is 0 Å². The summed E-state index contributed by atoms with van der Waals surface area (Å²) in [5.74, 6) is 1.60. The van der Waals surface area contributed by atoms with Crippen LogP contribution in [0.2, 0.25) is 0 Å². The maximum Gasteiger partial charge on any atom is 0.191 e. The van der Waals surface area contributed by atoms with E-state index >= 15 is 0 Å². The van der Waals surface area contributed by atoms with Crippen LogP contribution in [-0.2, 0) is 6.54 Å². The maximum absolute atomic E-state index is 4.31. The highest BCUT2D eigenvalue weighted by Crippen LogP contribution is 2.15. The fraction of sp³-hybridized carbons (Fsp3) is 0.550. The second kappa shape index (κ2) is 10.7. The van der Waals surface area contributed by atoms with Gasteiger partial charge in [-0.3, -0.25) is 15.0 Å². The van der Waals surface area contributed by atoms with Gasteiger partial charge in [-0.25, -0.2) is 4.98 Å². The first-order valence-electron chi connectivity index (χ1n) is 9.66. The summed E-state index contributed by atoms with van der Waals surface area (Å²) in [7, 11) is 1.80. The summed E-state index contributed by atoms with van der Waals surface area (Å²) in [6, 6.07) is 9.37. The highest BCUT2D eigenvalue weighted by molar-refractivity contribution is 5.79. The first-order chi connectivity index (χ1) is 13.0. The molecule has 0 aliphatic heterocycles. The first kappa shape index (κ1) is 20.9. The molecule has 0 fully saturated rings. The van der Waals surface area contributed by atoms with E-state index in [0.717, 1.165) is 42.4 Å². The van der Waals surface area contributed by atoms with Gasteiger partial charge in [-0.05, 0) is 45.7 Å². The zero-order chi connectivity index (χ0) is 19.6. The fourth-order valence-corrected chi connectivity index (χ4v) is 3.16. The Hall–Kier alpha value is -2.41. The molecule has 0 spiro atoms. The molecule has 0 saturated heterocycles. The Morgan fingerprint density at radius 1 is 1.19 bits per heavy atom. The molecule has 7 heteroatoms. The molecule has 1 aromatic carbocycles. The van der Waals surface area contributed by atoms with Gasteiger partial charge >= 0.3 is 0 Å². The lowest BCUT2D eigenvalue weighted by Crippen LogP contribution is -2.41. The zero-order valence-corrected chi connectivity index (χ0v) is 17.2. The highest BCUT2D eigenvalue weighted by Gasteiger charge is 2.12. The van der Waals surface area contributed by atoms with Gasteiger partial charge < -0.3 is 10.6 Å². The van der Waals surface area contributed by atoms with Crippen molar-refractivity contribution in [1.29, 1.82) is 0 Å². The molecule has 0 aliphatic rings. The fourth-order valence-electron chi connectivity index (χ4n) is 3.16. The minimum atomic E-state index is 0.569. The summed E-state index contributed by atoms with van der Waals surface area (Å²) in [6.45, 7) is 11.7. The predicted molar refractivity (Wildman–Crippen MR) is 112 cm³/mol. The van der Waals surface area contributed by atoms with E-state index in [1.165, 1.54) is 6.33 Å². The van der Waals surface area contributed by atoms with Crippen molar-refractivity contribution in [3.63, 3.8) is 0 Å². The SMILES string of the molecule is CN=C(NCCCN(C(C)C)C(C)C)NCc1cccc(-c2ncn[nH]2)c1. The molecule has 1 heterocycles. The number of aromatic amines is 1. The van der Waals surface area contributed by atoms with Crippen LogP contribution in [0.25, 0.3) is 11.4 Å². The second-order valence-electron chi connectivity index (χ2n) is 7.17. The van der Waals surface area contributed by atoms with E-state index in [1.807, 2.05) is 12.1 Å². The van der Waals surface area contributed by atoms with E-state index in [9.17, 15) is 0 Å². The molecule has 27 heavy (non-hydrogen) atoms. The second-order valence-corrected chi connectivity index (χ2v) is 7.17. The summed E-state index contributed by atoms with van der Waals surface area (Å²) in [4.78, 5) is 11.0. The Balaban J connectivity index is 1.78. The number of aliphatic imine (C=N–C) groups is 1. The van der Waals surface area contributed by atoms with E-state index in [2.05, 4.69) is 75.5 Å². The lowest BCUT2D eigenvalue weighted by Gasteiger charge is -2.30. The Morgan fingerprint density at radius 3 is 2.59 bits per heavy atom. The van der Waals surface area contributed by atoms with Gasteiger partial charge in [-0.2, -0.15) is 5.10 Å². The number of aromatic nitrogens is 3. The molecule has 0 radical (unpaired) electrons. The van der Waals surface area contributed by atoms with Crippen molar-refractivity contribution in [2.45, 2.75) is 52.7 Å². The van der Waals surface area contributed by atoms with Crippen LogP contribution in [0, 0.1) is 0 Å². The minimum Gasteiger partial charge on any atom is -0.356 e. The predicted octanol–water partition coefficient (Wildman–Crippen LogP) is 2.65. The number of hydrogen-bond donors (Lipinski definition) is 3. The summed E-state index contributed by atoms with van der Waals surface area (Å²) in [5, 5.41) is 13.6. The van der Waals surface area contributed by atoms with Crippen LogP contribution < -0.4 is 10.6 Å². The Bertz CT molecular complexity index is 684. The molecule has 0 saturated carbocycles. The normalized spacial score (nSPS) is 12.2. The third kappa shape index (κ3) is 6.67. The van der Waals surface area contributed by atoms with Crippen molar-refractivity contribution in [3.8, 4) is 11.4 Å². The first-order valence-corrected chi connectivity index (χ1v) is 9.66. The smallest absolute Gasteiger partial charge is 0.191 e. The maximum atomic E-state index is 4.31. The van der Waals surface area contributed by atoms with Crippen LogP contribution >= 0.6 is 0 Å². The lowest BCUT2D eigenvalue weighted by atomic mass is 10.1. The van der Waals surface area contributed by atoms with Crippen molar-refractivity contribution in [2.75, 3.05) is 20.1 Å². The average molecular weight is 372 g/mol. The average Bonchev–Trinajstić information content (AvgIpc) is 3.18. The van der Waals surface area contributed by atoms with E-state index in [1.54, 1.807) is 7.05 Å². The largest absolute Gasteiger partial charge is 0.356 e. The van der Waals surface area contributed by atoms with Gasteiger partial charge in [-0.1, -0.05) is 18.2 Å². The van der Waals surface area contributed by atoms with Crippen molar-refractivity contribution >= 4 is 5.96 Å². The number of nitrogens with one attached hydrogen (secondary N) is 3. The quantitative estimate of drug-likeness (QED) is 0.359. The zero-order valence-electron chi connectivity index (χ0n) is 17.2. The molecule has 1 aromatic heterocycles. The lowest BCUT2D eigenvalue weighted by molar-refractivity contribution is 0.173. The number of benzene rings is 1. The highest BCUT2D eigenvalue weighted by atomic mass is 15.2. The number of H-pyrrole nitrogens is 1. The standard InChI is InChI=1S/C20H33N7/c1-15(2)27(16(3)4)11-7-10-22-20(21-5)23-13-17-8-6-9-18(12-17)19-24-14-25-26-19/h6,8-9,12,14-16H,7,10-11,13H2,1-5H3,(H2,21,22,23)(H,24,25,26). The molecule has 148 valence electrons. The van der Waals surface area contributed by atoms with Crippen LogP contribution in [0.5, 0.6) is 0 Å². The van der Waals surface area contributed by atoms with Gasteiger partial charge in [0.05, 0.1) is 0 Å². The summed E-state index contributed by atoms with van der Waals surface area (Å²) >= 11 is 0. The van der Waals surface area contributed by atoms with Gasteiger partial charge in [0.2, 0.25) is 0 Å². The van der Waals surface area contributed by atoms with E-state index in [4.69, 9.17) is 0 Å². The Labute approximate surface area is 162 Å². The summed E-state index contributed by atoms with van der Waals surface area (Å²) in [5.41, 5.74) is 2.19. The molecule has 0 amide bonds. The number of guanidine groups is 1. The van der Waals surface area contributed by atoms with Gasteiger partial charge in [0.15, 0.2) is 11.8 Å². The summed E-state index contributed by atoms with van der Waals surface area (Å²) < 4.78 is 0. The molecule has 2 aromatic rings. The Kier molecular flexibility index (Phi) is 8.26. The molecule has 0 bridgehead atoms. The van der Waals surface area contributed by atoms with Gasteiger partial charge in [0, 0.05) is 44.3 Å². The molecule has 2 rings (SSSR count). The van der Waals surface area contributed by atoms with Crippen molar-refractivity contribution in [2.24, 2.45) is 4.99 Å². The number of nitrogens with zero attached hydrogens (tertiary/aromatic N) is 4. The molecule has 7 nitrogen and oxygen atoms in total. The minimum absolute atomic E-state index is 0.569.